The molecule has 3 aromatic rings. The molecular weight excluding hydrogens is 624 g/mol. The van der Waals surface area contributed by atoms with Crippen LogP contribution in [-0.2, 0) is 27.0 Å². The molecule has 2 N–H and O–H groups in total. The van der Waals surface area contributed by atoms with E-state index in [1.54, 1.807) is 18.0 Å². The number of benzene rings is 2. The zero-order valence-electron chi connectivity index (χ0n) is 23.6. The molecule has 1 aliphatic heterocycles. The molecule has 9 nitrogen and oxygen atoms in total. The zero-order valence-corrected chi connectivity index (χ0v) is 25.1. The number of ether oxygens (including phenoxy) is 1. The van der Waals surface area contributed by atoms with E-state index in [-0.39, 0.29) is 74.6 Å². The number of aromatic nitrogens is 1. The van der Waals surface area contributed by atoms with Crippen LogP contribution in [0.15, 0.2) is 41.2 Å². The van der Waals surface area contributed by atoms with Crippen molar-refractivity contribution in [1.29, 1.82) is 5.26 Å². The number of carbonyl (C=O) groups excluding carboxylic acids is 2. The van der Waals surface area contributed by atoms with Crippen molar-refractivity contribution < 1.29 is 32.6 Å². The molecule has 0 spiro atoms. The Kier molecular flexibility index (Phi) is 9.93. The second kappa shape index (κ2) is 13.3. The van der Waals surface area contributed by atoms with Gasteiger partial charge in [0.2, 0.25) is 11.8 Å². The number of amides is 2. The summed E-state index contributed by atoms with van der Waals surface area (Å²) >= 11 is 12.6. The first kappa shape index (κ1) is 32.9. The van der Waals surface area contributed by atoms with E-state index < -0.39 is 22.9 Å². The largest absolute Gasteiger partial charge is 0.507 e. The number of rotatable bonds is 7. The van der Waals surface area contributed by atoms with Crippen molar-refractivity contribution in [2.24, 2.45) is 5.92 Å². The molecule has 2 amide bonds. The van der Waals surface area contributed by atoms with E-state index in [1.807, 2.05) is 0 Å². The van der Waals surface area contributed by atoms with Crippen molar-refractivity contribution >= 4 is 35.0 Å². The molecule has 0 bridgehead atoms. The van der Waals surface area contributed by atoms with Crippen LogP contribution in [0.4, 0.5) is 13.2 Å². The monoisotopic (exact) mass is 650 g/mol. The van der Waals surface area contributed by atoms with Gasteiger partial charge in [0.1, 0.15) is 24.0 Å². The zero-order chi connectivity index (χ0) is 32.3. The number of hydrogen-bond acceptors (Lipinski definition) is 6. The summed E-state index contributed by atoms with van der Waals surface area (Å²) in [5, 5.41) is 20.9. The summed E-state index contributed by atoms with van der Waals surface area (Å²) in [4.78, 5) is 43.7. The number of phenols is 1. The number of nitriles is 1. The Bertz CT molecular complexity index is 1700. The maximum Gasteiger partial charge on any atom is 0.416 e. The van der Waals surface area contributed by atoms with Crippen LogP contribution in [0.5, 0.6) is 5.75 Å². The van der Waals surface area contributed by atoms with Gasteiger partial charge < -0.3 is 24.6 Å². The Balaban J connectivity index is 1.66. The van der Waals surface area contributed by atoms with Gasteiger partial charge in [-0.2, -0.15) is 18.4 Å². The van der Waals surface area contributed by atoms with Gasteiger partial charge in [0.05, 0.1) is 11.3 Å². The lowest BCUT2D eigenvalue weighted by molar-refractivity contribution is -0.142. The van der Waals surface area contributed by atoms with Crippen molar-refractivity contribution in [1.82, 2.24) is 14.8 Å². The minimum atomic E-state index is -4.71. The van der Waals surface area contributed by atoms with Crippen LogP contribution in [0.3, 0.4) is 0 Å². The fourth-order valence-electron chi connectivity index (χ4n) is 5.15. The molecule has 14 heteroatoms. The van der Waals surface area contributed by atoms with E-state index >= 15 is 0 Å². The number of likely N-dealkylation sites (tertiary alicyclic amines) is 1. The fraction of sp³-hybridized carbons (Fsp3) is 0.333. The number of alkyl halides is 3. The molecular formula is C30H27Cl2F3N4O5. The molecule has 0 radical (unpaired) electrons. The summed E-state index contributed by atoms with van der Waals surface area (Å²) in [7, 11) is 2.99. The summed E-state index contributed by atoms with van der Waals surface area (Å²) in [5.74, 6) is -1.03. The highest BCUT2D eigenvalue weighted by Crippen LogP contribution is 2.40. The number of H-pyrrole nitrogens is 1. The highest BCUT2D eigenvalue weighted by Gasteiger charge is 2.32. The number of aromatic hydroxyl groups is 1. The molecule has 0 saturated carbocycles. The van der Waals surface area contributed by atoms with Crippen molar-refractivity contribution in [3.05, 3.63) is 73.5 Å². The highest BCUT2D eigenvalue weighted by atomic mass is 35.5. The van der Waals surface area contributed by atoms with Gasteiger partial charge in [0.25, 0.3) is 5.56 Å². The molecule has 232 valence electrons. The molecule has 1 aliphatic rings. The Morgan fingerprint density at radius 3 is 2.43 bits per heavy atom. The average molecular weight is 651 g/mol. The lowest BCUT2D eigenvalue weighted by atomic mass is 9.94. The molecule has 2 heterocycles. The predicted octanol–water partition coefficient (Wildman–Crippen LogP) is 5.46. The molecule has 1 fully saturated rings. The Morgan fingerprint density at radius 1 is 1.14 bits per heavy atom. The quantitative estimate of drug-likeness (QED) is 0.350. The lowest BCUT2D eigenvalue weighted by Crippen LogP contribution is -2.44. The van der Waals surface area contributed by atoms with Crippen LogP contribution in [0.2, 0.25) is 10.0 Å². The Hall–Kier alpha value is -4.05. The average Bonchev–Trinajstić information content (AvgIpc) is 2.97. The molecule has 0 unspecified atom stereocenters. The molecule has 1 aromatic heterocycles. The normalized spacial score (nSPS) is 13.9. The summed E-state index contributed by atoms with van der Waals surface area (Å²) in [6.07, 6.45) is -3.80. The highest BCUT2D eigenvalue weighted by molar-refractivity contribution is 6.33. The molecule has 44 heavy (non-hydrogen) atoms. The van der Waals surface area contributed by atoms with Crippen molar-refractivity contribution in [2.75, 3.05) is 33.9 Å². The van der Waals surface area contributed by atoms with Crippen LogP contribution in [0.25, 0.3) is 22.4 Å². The summed E-state index contributed by atoms with van der Waals surface area (Å²) in [6.45, 7) is 0.717. The van der Waals surface area contributed by atoms with Gasteiger partial charge in [0.15, 0.2) is 0 Å². The Morgan fingerprint density at radius 2 is 1.82 bits per heavy atom. The van der Waals surface area contributed by atoms with Crippen molar-refractivity contribution in [3.63, 3.8) is 0 Å². The van der Waals surface area contributed by atoms with Gasteiger partial charge in [-0.1, -0.05) is 23.2 Å². The van der Waals surface area contributed by atoms with Crippen LogP contribution in [0, 0.1) is 17.2 Å². The van der Waals surface area contributed by atoms with Gasteiger partial charge in [-0.25, -0.2) is 0 Å². The smallest absolute Gasteiger partial charge is 0.416 e. The van der Waals surface area contributed by atoms with Crippen LogP contribution < -0.4 is 5.56 Å². The summed E-state index contributed by atoms with van der Waals surface area (Å²) in [5.41, 5.74) is -2.59. The second-order valence-electron chi connectivity index (χ2n) is 10.3. The molecule has 4 rings (SSSR count). The number of halogens is 5. The standard InChI is InChI=1S/C30H27Cl2F3N4O5/c1-38(29(43)16-5-7-39(8-6-16)26(40)15-44-2)14-17-9-19(31)11-22(27(17)41)25-12-20(23(13-36)28(42)37-25)21-10-18(30(33,34)35)3-4-24(21)32/h3-4,9-12,16,41H,5-8,14-15H2,1-2H3,(H,37,42). The maximum atomic E-state index is 13.4. The predicted molar refractivity (Wildman–Crippen MR) is 157 cm³/mol. The third-order valence-corrected chi connectivity index (χ3v) is 7.97. The minimum Gasteiger partial charge on any atom is -0.507 e. The van der Waals surface area contributed by atoms with E-state index in [4.69, 9.17) is 27.9 Å². The minimum absolute atomic E-state index is 0.0178. The molecule has 2 aromatic carbocycles. The van der Waals surface area contributed by atoms with E-state index in [2.05, 4.69) is 4.98 Å². The second-order valence-corrected chi connectivity index (χ2v) is 11.2. The molecule has 1 saturated heterocycles. The first-order valence-corrected chi connectivity index (χ1v) is 14.1. The number of nitrogens with one attached hydrogen (secondary N) is 1. The van der Waals surface area contributed by atoms with Gasteiger partial charge >= 0.3 is 6.18 Å². The number of carbonyl (C=O) groups is 2. The number of hydrogen-bond donors (Lipinski definition) is 2. The number of pyridine rings is 1. The van der Waals surface area contributed by atoms with Crippen LogP contribution in [-0.4, -0.2) is 65.6 Å². The lowest BCUT2D eigenvalue weighted by Gasteiger charge is -2.33. The topological polar surface area (TPSA) is 127 Å². The van der Waals surface area contributed by atoms with Gasteiger partial charge in [-0.3, -0.25) is 14.4 Å². The Labute approximate surface area is 260 Å². The number of phenolic OH excluding ortho intramolecular Hbond substituents is 1. The van der Waals surface area contributed by atoms with Crippen molar-refractivity contribution in [3.8, 4) is 34.2 Å². The number of aromatic amines is 1. The van der Waals surface area contributed by atoms with E-state index in [1.165, 1.54) is 30.2 Å². The van der Waals surface area contributed by atoms with Gasteiger partial charge in [-0.05, 0) is 49.2 Å². The van der Waals surface area contributed by atoms with E-state index in [0.29, 0.717) is 25.9 Å². The number of methoxy groups -OCH3 is 1. The SMILES string of the molecule is COCC(=O)N1CCC(C(=O)N(C)Cc2cc(Cl)cc(-c3cc(-c4cc(C(F)(F)F)ccc4Cl)c(C#N)c(=O)[nH]3)c2O)CC1. The molecule has 0 atom stereocenters. The fourth-order valence-corrected chi connectivity index (χ4v) is 5.61. The van der Waals surface area contributed by atoms with E-state index in [9.17, 15) is 37.9 Å². The molecule has 0 aliphatic carbocycles. The van der Waals surface area contributed by atoms with Crippen LogP contribution in [0.1, 0.15) is 29.5 Å². The first-order chi connectivity index (χ1) is 20.7. The third-order valence-electron chi connectivity index (χ3n) is 7.42. The number of nitrogens with zero attached hydrogens (tertiary/aromatic N) is 3. The number of piperidine rings is 1. The van der Waals surface area contributed by atoms with Gasteiger partial charge in [-0.15, -0.1) is 0 Å². The third kappa shape index (κ3) is 7.01. The summed E-state index contributed by atoms with van der Waals surface area (Å²) in [6, 6.07) is 8.27. The van der Waals surface area contributed by atoms with E-state index in [0.717, 1.165) is 18.2 Å². The van der Waals surface area contributed by atoms with Crippen molar-refractivity contribution in [2.45, 2.75) is 25.6 Å². The first-order valence-electron chi connectivity index (χ1n) is 13.3. The maximum absolute atomic E-state index is 13.4. The van der Waals surface area contributed by atoms with Gasteiger partial charge in [0, 0.05) is 72.0 Å². The van der Waals surface area contributed by atoms with Crippen LogP contribution >= 0.6 is 23.2 Å². The summed E-state index contributed by atoms with van der Waals surface area (Å²) < 4.78 is 45.2.